The van der Waals surface area contributed by atoms with Crippen LogP contribution in [0.3, 0.4) is 0 Å². The van der Waals surface area contributed by atoms with E-state index in [1.165, 1.54) is 23.0 Å². The van der Waals surface area contributed by atoms with E-state index >= 15 is 0 Å². The van der Waals surface area contributed by atoms with Crippen LogP contribution in [-0.2, 0) is 5.41 Å². The molecule has 1 aliphatic carbocycles. The number of ketones is 1. The Morgan fingerprint density at radius 1 is 1.07 bits per heavy atom. The Labute approximate surface area is 172 Å². The van der Waals surface area contributed by atoms with Gasteiger partial charge in [-0.25, -0.2) is 14.4 Å². The number of rotatable bonds is 5. The van der Waals surface area contributed by atoms with Crippen LogP contribution in [0.2, 0.25) is 0 Å². The maximum atomic E-state index is 14.7. The van der Waals surface area contributed by atoms with Crippen molar-refractivity contribution < 1.29 is 9.18 Å². The quantitative estimate of drug-likeness (QED) is 0.375. The minimum absolute atomic E-state index is 0.00693. The van der Waals surface area contributed by atoms with Gasteiger partial charge >= 0.3 is 0 Å². The minimum atomic E-state index is -0.425. The predicted octanol–water partition coefficient (Wildman–Crippen LogP) is 6.17. The van der Waals surface area contributed by atoms with Gasteiger partial charge in [0.15, 0.2) is 5.78 Å². The molecule has 1 aliphatic rings. The van der Waals surface area contributed by atoms with Gasteiger partial charge in [0.25, 0.3) is 0 Å². The largest absolute Gasteiger partial charge is 0.294 e. The lowest BCUT2D eigenvalue weighted by molar-refractivity contribution is 0.0987. The normalized spacial score (nSPS) is 14.8. The molecule has 1 fully saturated rings. The van der Waals surface area contributed by atoms with E-state index in [4.69, 9.17) is 4.98 Å². The first kappa shape index (κ1) is 18.1. The number of fused-ring (bicyclic) bond motifs is 1. The van der Waals surface area contributed by atoms with Crippen LogP contribution in [0.25, 0.3) is 20.9 Å². The summed E-state index contributed by atoms with van der Waals surface area (Å²) in [7, 11) is 0. The number of pyridine rings is 1. The summed E-state index contributed by atoms with van der Waals surface area (Å²) in [4.78, 5) is 22.1. The Hall–Kier alpha value is -2.92. The molecule has 0 unspecified atom stereocenters. The van der Waals surface area contributed by atoms with Gasteiger partial charge in [0, 0.05) is 23.0 Å². The van der Waals surface area contributed by atoms with Gasteiger partial charge < -0.3 is 0 Å². The standard InChI is InChI=1S/C24H19FN2OS/c1-2-20(28)15-8-9-17(18(25)14-15)22-26-19-10-11-21(27-23(19)29-22)24(12-13-24)16-6-4-3-5-7-16/h3-11,14H,2,12-13H2,1H3. The molecule has 0 spiro atoms. The highest BCUT2D eigenvalue weighted by Gasteiger charge is 2.47. The van der Waals surface area contributed by atoms with E-state index in [2.05, 4.69) is 29.2 Å². The number of hydrogen-bond acceptors (Lipinski definition) is 4. The number of aromatic nitrogens is 2. The zero-order valence-corrected chi connectivity index (χ0v) is 16.8. The molecule has 0 aliphatic heterocycles. The maximum Gasteiger partial charge on any atom is 0.162 e. The van der Waals surface area contributed by atoms with E-state index in [0.717, 1.165) is 28.9 Å². The van der Waals surface area contributed by atoms with Crippen molar-refractivity contribution in [3.8, 4) is 10.6 Å². The lowest BCUT2D eigenvalue weighted by atomic mass is 9.92. The van der Waals surface area contributed by atoms with Gasteiger partial charge in [-0.1, -0.05) is 54.7 Å². The Morgan fingerprint density at radius 3 is 2.55 bits per heavy atom. The summed E-state index contributed by atoms with van der Waals surface area (Å²) in [5.41, 5.74) is 3.91. The molecule has 29 heavy (non-hydrogen) atoms. The van der Waals surface area contributed by atoms with Crippen molar-refractivity contribution in [3.05, 3.63) is 83.3 Å². The number of thiazole rings is 1. The number of benzene rings is 2. The van der Waals surface area contributed by atoms with Gasteiger partial charge in [-0.3, -0.25) is 4.79 Å². The lowest BCUT2D eigenvalue weighted by Crippen LogP contribution is -2.10. The van der Waals surface area contributed by atoms with Crippen molar-refractivity contribution >= 4 is 27.5 Å². The molecule has 2 aromatic carbocycles. The Kier molecular flexibility index (Phi) is 4.28. The van der Waals surface area contributed by atoms with Gasteiger partial charge in [0.2, 0.25) is 0 Å². The number of nitrogens with zero attached hydrogens (tertiary/aromatic N) is 2. The second kappa shape index (κ2) is 6.85. The summed E-state index contributed by atoms with van der Waals surface area (Å²) < 4.78 is 14.7. The number of halogens is 1. The molecular formula is C24H19FN2OS. The average molecular weight is 402 g/mol. The number of carbonyl (C=O) groups excluding carboxylic acids is 1. The predicted molar refractivity (Wildman–Crippen MR) is 114 cm³/mol. The van der Waals surface area contributed by atoms with Crippen LogP contribution in [0, 0.1) is 5.82 Å². The van der Waals surface area contributed by atoms with Crippen LogP contribution < -0.4 is 0 Å². The van der Waals surface area contributed by atoms with Gasteiger partial charge in [0.1, 0.15) is 21.2 Å². The summed E-state index contributed by atoms with van der Waals surface area (Å²) in [5, 5.41) is 0.585. The van der Waals surface area contributed by atoms with E-state index in [-0.39, 0.29) is 11.2 Å². The summed E-state index contributed by atoms with van der Waals surface area (Å²) in [5.74, 6) is -0.492. The molecule has 5 heteroatoms. The summed E-state index contributed by atoms with van der Waals surface area (Å²) in [6.07, 6.45) is 2.53. The van der Waals surface area contributed by atoms with Crippen molar-refractivity contribution in [1.82, 2.24) is 9.97 Å². The topological polar surface area (TPSA) is 42.9 Å². The fourth-order valence-corrected chi connectivity index (χ4v) is 4.80. The highest BCUT2D eigenvalue weighted by Crippen LogP contribution is 2.53. The first-order valence-corrected chi connectivity index (χ1v) is 10.6. The fraction of sp³-hybridized carbons (Fsp3) is 0.208. The van der Waals surface area contributed by atoms with Gasteiger partial charge in [-0.05, 0) is 42.7 Å². The van der Waals surface area contributed by atoms with E-state index in [9.17, 15) is 9.18 Å². The van der Waals surface area contributed by atoms with Crippen molar-refractivity contribution in [2.45, 2.75) is 31.6 Å². The fourth-order valence-electron chi connectivity index (χ4n) is 3.84. The Bertz CT molecular complexity index is 1230. The molecule has 2 heterocycles. The smallest absolute Gasteiger partial charge is 0.162 e. The second-order valence-electron chi connectivity index (χ2n) is 7.46. The molecule has 4 aromatic rings. The van der Waals surface area contributed by atoms with Crippen LogP contribution in [0.4, 0.5) is 4.39 Å². The van der Waals surface area contributed by atoms with E-state index < -0.39 is 5.82 Å². The maximum absolute atomic E-state index is 14.7. The Balaban J connectivity index is 1.53. The Morgan fingerprint density at radius 2 is 1.86 bits per heavy atom. The summed E-state index contributed by atoms with van der Waals surface area (Å²) in [6.45, 7) is 1.77. The highest BCUT2D eigenvalue weighted by atomic mass is 32.1. The van der Waals surface area contributed by atoms with Crippen molar-refractivity contribution in [2.75, 3.05) is 0 Å². The summed E-state index contributed by atoms with van der Waals surface area (Å²) >= 11 is 1.39. The molecule has 0 radical (unpaired) electrons. The zero-order valence-electron chi connectivity index (χ0n) is 16.0. The third-order valence-corrected chi connectivity index (χ3v) is 6.66. The zero-order chi connectivity index (χ0) is 20.0. The molecule has 0 bridgehead atoms. The number of carbonyl (C=O) groups is 1. The molecule has 0 saturated heterocycles. The van der Waals surface area contributed by atoms with Crippen LogP contribution in [0.15, 0.2) is 60.7 Å². The van der Waals surface area contributed by atoms with Crippen LogP contribution in [0.1, 0.15) is 47.8 Å². The molecule has 5 rings (SSSR count). The number of hydrogen-bond donors (Lipinski definition) is 0. The van der Waals surface area contributed by atoms with Crippen LogP contribution >= 0.6 is 11.3 Å². The lowest BCUT2D eigenvalue weighted by Gasteiger charge is -2.14. The highest BCUT2D eigenvalue weighted by molar-refractivity contribution is 7.21. The van der Waals surface area contributed by atoms with E-state index in [1.807, 2.05) is 18.2 Å². The van der Waals surface area contributed by atoms with Crippen LogP contribution in [-0.4, -0.2) is 15.8 Å². The second-order valence-corrected chi connectivity index (χ2v) is 8.44. The van der Waals surface area contributed by atoms with Gasteiger partial charge in [0.05, 0.1) is 5.69 Å². The molecule has 2 aromatic heterocycles. The van der Waals surface area contributed by atoms with Gasteiger partial charge in [-0.15, -0.1) is 0 Å². The van der Waals surface area contributed by atoms with Gasteiger partial charge in [-0.2, -0.15) is 0 Å². The first-order chi connectivity index (χ1) is 14.1. The molecule has 0 atom stereocenters. The molecule has 144 valence electrons. The molecule has 1 saturated carbocycles. The molecule has 0 amide bonds. The molecule has 0 N–H and O–H groups in total. The van der Waals surface area contributed by atoms with E-state index in [0.29, 0.717) is 22.6 Å². The van der Waals surface area contributed by atoms with Crippen LogP contribution in [0.5, 0.6) is 0 Å². The minimum Gasteiger partial charge on any atom is -0.294 e. The van der Waals surface area contributed by atoms with Crippen molar-refractivity contribution in [1.29, 1.82) is 0 Å². The monoisotopic (exact) mass is 402 g/mol. The molecule has 3 nitrogen and oxygen atoms in total. The SMILES string of the molecule is CCC(=O)c1ccc(-c2nc3ccc(C4(c5ccccc5)CC4)nc3s2)c(F)c1. The van der Waals surface area contributed by atoms with Crippen molar-refractivity contribution in [2.24, 2.45) is 0 Å². The third kappa shape index (κ3) is 3.06. The van der Waals surface area contributed by atoms with Crippen molar-refractivity contribution in [3.63, 3.8) is 0 Å². The van der Waals surface area contributed by atoms with E-state index in [1.54, 1.807) is 19.1 Å². The third-order valence-electron chi connectivity index (χ3n) is 5.66. The first-order valence-electron chi connectivity index (χ1n) is 9.77. The molecular weight excluding hydrogens is 383 g/mol. The number of Topliss-reactive ketones (excluding diaryl/α,β-unsaturated/α-hetero) is 1. The summed E-state index contributed by atoms with van der Waals surface area (Å²) in [6, 6.07) is 19.1. The average Bonchev–Trinajstić information content (AvgIpc) is 3.46.